The maximum atomic E-state index is 11.6. The van der Waals surface area contributed by atoms with Crippen LogP contribution < -0.4 is 5.32 Å². The molecule has 3 nitrogen and oxygen atoms in total. The van der Waals surface area contributed by atoms with Crippen LogP contribution in [0.25, 0.3) is 0 Å². The lowest BCUT2D eigenvalue weighted by molar-refractivity contribution is -0.132. The van der Waals surface area contributed by atoms with Crippen molar-refractivity contribution in [1.29, 1.82) is 0 Å². The van der Waals surface area contributed by atoms with Crippen molar-refractivity contribution in [2.75, 3.05) is 19.6 Å². The van der Waals surface area contributed by atoms with Crippen LogP contribution in [0.2, 0.25) is 0 Å². The molecule has 2 heterocycles. The van der Waals surface area contributed by atoms with E-state index in [2.05, 4.69) is 12.2 Å². The average Bonchev–Trinajstić information content (AvgIpc) is 2.46. The Labute approximate surface area is 79.5 Å². The van der Waals surface area contributed by atoms with Crippen LogP contribution in [0.15, 0.2) is 0 Å². The largest absolute Gasteiger partial charge is 0.341 e. The maximum absolute atomic E-state index is 11.6. The normalized spacial score (nSPS) is 32.2. The first-order chi connectivity index (χ1) is 6.29. The number of carbonyl (C=O) groups is 1. The third-order valence-corrected chi connectivity index (χ3v) is 3.05. The van der Waals surface area contributed by atoms with Crippen molar-refractivity contribution < 1.29 is 4.79 Å². The van der Waals surface area contributed by atoms with Crippen molar-refractivity contribution >= 4 is 5.91 Å². The van der Waals surface area contributed by atoms with Gasteiger partial charge in [0.25, 0.3) is 0 Å². The Hall–Kier alpha value is -0.570. The SMILES string of the molecule is CCCC(=O)N1CC2CNC(C2)C1. The zero-order chi connectivity index (χ0) is 9.26. The summed E-state index contributed by atoms with van der Waals surface area (Å²) in [5, 5.41) is 3.45. The molecule has 3 heteroatoms. The van der Waals surface area contributed by atoms with Crippen LogP contribution >= 0.6 is 0 Å². The van der Waals surface area contributed by atoms with Gasteiger partial charge in [-0.25, -0.2) is 0 Å². The summed E-state index contributed by atoms with van der Waals surface area (Å²) in [5.74, 6) is 1.07. The Morgan fingerprint density at radius 3 is 3.08 bits per heavy atom. The fourth-order valence-corrected chi connectivity index (χ4v) is 2.41. The van der Waals surface area contributed by atoms with Gasteiger partial charge in [0.2, 0.25) is 5.91 Å². The second kappa shape index (κ2) is 3.66. The molecule has 0 aliphatic carbocycles. The van der Waals surface area contributed by atoms with Crippen molar-refractivity contribution in [3.05, 3.63) is 0 Å². The predicted molar refractivity (Wildman–Crippen MR) is 51.4 cm³/mol. The molecule has 2 saturated heterocycles. The minimum atomic E-state index is 0.348. The molecule has 74 valence electrons. The fourth-order valence-electron chi connectivity index (χ4n) is 2.41. The number of nitrogens with one attached hydrogen (secondary N) is 1. The number of rotatable bonds is 2. The van der Waals surface area contributed by atoms with Gasteiger partial charge in [0.05, 0.1) is 0 Å². The average molecular weight is 182 g/mol. The van der Waals surface area contributed by atoms with Gasteiger partial charge in [0.1, 0.15) is 0 Å². The van der Waals surface area contributed by atoms with Gasteiger partial charge in [0.15, 0.2) is 0 Å². The molecule has 2 fully saturated rings. The molecular formula is C10H18N2O. The van der Waals surface area contributed by atoms with Crippen LogP contribution in [-0.2, 0) is 4.79 Å². The highest BCUT2D eigenvalue weighted by atomic mass is 16.2. The number of amides is 1. The van der Waals surface area contributed by atoms with Gasteiger partial charge in [-0.05, 0) is 18.8 Å². The molecule has 0 radical (unpaired) electrons. The molecule has 0 aromatic rings. The van der Waals surface area contributed by atoms with Crippen molar-refractivity contribution in [3.63, 3.8) is 0 Å². The van der Waals surface area contributed by atoms with E-state index in [1.165, 1.54) is 6.42 Å². The summed E-state index contributed by atoms with van der Waals surface area (Å²) in [6.07, 6.45) is 2.97. The van der Waals surface area contributed by atoms with Crippen LogP contribution in [0, 0.1) is 5.92 Å². The summed E-state index contributed by atoms with van der Waals surface area (Å²) in [6, 6.07) is 0.583. The molecule has 0 saturated carbocycles. The number of hydrogen-bond donors (Lipinski definition) is 1. The van der Waals surface area contributed by atoms with Crippen molar-refractivity contribution in [1.82, 2.24) is 10.2 Å². The zero-order valence-electron chi connectivity index (χ0n) is 8.25. The Morgan fingerprint density at radius 1 is 1.54 bits per heavy atom. The molecule has 2 unspecified atom stereocenters. The number of likely N-dealkylation sites (tertiary alicyclic amines) is 1. The minimum absolute atomic E-state index is 0.348. The molecule has 0 aromatic heterocycles. The van der Waals surface area contributed by atoms with Crippen LogP contribution in [0.1, 0.15) is 26.2 Å². The van der Waals surface area contributed by atoms with E-state index in [1.807, 2.05) is 4.90 Å². The Kier molecular flexibility index (Phi) is 2.54. The third-order valence-electron chi connectivity index (χ3n) is 3.05. The molecule has 1 N–H and O–H groups in total. The van der Waals surface area contributed by atoms with Crippen LogP contribution in [-0.4, -0.2) is 36.5 Å². The molecule has 13 heavy (non-hydrogen) atoms. The molecule has 2 aliphatic heterocycles. The lowest BCUT2D eigenvalue weighted by atomic mass is 10.00. The van der Waals surface area contributed by atoms with Gasteiger partial charge in [-0.15, -0.1) is 0 Å². The summed E-state index contributed by atoms with van der Waals surface area (Å²) in [4.78, 5) is 13.7. The summed E-state index contributed by atoms with van der Waals surface area (Å²) in [5.41, 5.74) is 0. The van der Waals surface area contributed by atoms with E-state index in [-0.39, 0.29) is 0 Å². The van der Waals surface area contributed by atoms with Gasteiger partial charge in [0, 0.05) is 32.1 Å². The molecule has 2 atom stereocenters. The van der Waals surface area contributed by atoms with E-state index < -0.39 is 0 Å². The van der Waals surface area contributed by atoms with Crippen LogP contribution in [0.5, 0.6) is 0 Å². The molecular weight excluding hydrogens is 164 g/mol. The van der Waals surface area contributed by atoms with Gasteiger partial charge in [-0.1, -0.05) is 6.92 Å². The van der Waals surface area contributed by atoms with Gasteiger partial charge >= 0.3 is 0 Å². The second-order valence-electron chi connectivity index (χ2n) is 4.26. The first-order valence-corrected chi connectivity index (χ1v) is 5.30. The van der Waals surface area contributed by atoms with E-state index in [1.54, 1.807) is 0 Å². The number of fused-ring (bicyclic) bond motifs is 2. The van der Waals surface area contributed by atoms with Gasteiger partial charge in [-0.2, -0.15) is 0 Å². The summed E-state index contributed by atoms with van der Waals surface area (Å²) in [7, 11) is 0. The van der Waals surface area contributed by atoms with Crippen molar-refractivity contribution in [3.8, 4) is 0 Å². The smallest absolute Gasteiger partial charge is 0.222 e. The van der Waals surface area contributed by atoms with Crippen LogP contribution in [0.4, 0.5) is 0 Å². The summed E-state index contributed by atoms with van der Waals surface area (Å²) >= 11 is 0. The number of hydrogen-bond acceptors (Lipinski definition) is 2. The number of piperidine rings is 1. The first kappa shape index (κ1) is 9.00. The van der Waals surface area contributed by atoms with Crippen molar-refractivity contribution in [2.45, 2.75) is 32.2 Å². The minimum Gasteiger partial charge on any atom is -0.341 e. The maximum Gasteiger partial charge on any atom is 0.222 e. The van der Waals surface area contributed by atoms with Gasteiger partial charge < -0.3 is 10.2 Å². The molecule has 0 spiro atoms. The van der Waals surface area contributed by atoms with E-state index in [0.717, 1.165) is 38.4 Å². The molecule has 2 aliphatic rings. The summed E-state index contributed by atoms with van der Waals surface area (Å²) < 4.78 is 0. The molecule has 2 rings (SSSR count). The van der Waals surface area contributed by atoms with E-state index in [4.69, 9.17) is 0 Å². The van der Waals surface area contributed by atoms with E-state index in [9.17, 15) is 4.79 Å². The number of carbonyl (C=O) groups excluding carboxylic acids is 1. The third kappa shape index (κ3) is 1.85. The quantitative estimate of drug-likeness (QED) is 0.678. The summed E-state index contributed by atoms with van der Waals surface area (Å²) in [6.45, 7) is 5.10. The lowest BCUT2D eigenvalue weighted by Gasteiger charge is -2.31. The van der Waals surface area contributed by atoms with Crippen molar-refractivity contribution in [2.24, 2.45) is 5.92 Å². The Balaban J connectivity index is 1.91. The number of nitrogens with zero attached hydrogens (tertiary/aromatic N) is 1. The lowest BCUT2D eigenvalue weighted by Crippen LogP contribution is -2.44. The highest BCUT2D eigenvalue weighted by molar-refractivity contribution is 5.76. The Morgan fingerprint density at radius 2 is 2.38 bits per heavy atom. The van der Waals surface area contributed by atoms with Crippen LogP contribution in [0.3, 0.4) is 0 Å². The molecule has 0 aromatic carbocycles. The second-order valence-corrected chi connectivity index (χ2v) is 4.26. The Bertz CT molecular complexity index is 193. The predicted octanol–water partition coefficient (Wildman–Crippen LogP) is 0.607. The highest BCUT2D eigenvalue weighted by Gasteiger charge is 2.33. The fraction of sp³-hybridized carbons (Fsp3) is 0.900. The monoisotopic (exact) mass is 182 g/mol. The zero-order valence-corrected chi connectivity index (χ0v) is 8.25. The standard InChI is InChI=1S/C10H18N2O/c1-2-3-10(13)12-6-8-4-9(7-12)11-5-8/h8-9,11H,2-7H2,1H3. The van der Waals surface area contributed by atoms with E-state index >= 15 is 0 Å². The molecule has 2 bridgehead atoms. The molecule has 1 amide bonds. The topological polar surface area (TPSA) is 32.3 Å². The first-order valence-electron chi connectivity index (χ1n) is 5.30. The highest BCUT2D eigenvalue weighted by Crippen LogP contribution is 2.22. The van der Waals surface area contributed by atoms with Gasteiger partial charge in [-0.3, -0.25) is 4.79 Å². The van der Waals surface area contributed by atoms with E-state index in [0.29, 0.717) is 11.9 Å².